The van der Waals surface area contributed by atoms with Crippen molar-refractivity contribution >= 4 is 23.4 Å². The Morgan fingerprint density at radius 3 is 2.39 bits per heavy atom. The Morgan fingerprint density at radius 1 is 1.00 bits per heavy atom. The van der Waals surface area contributed by atoms with Crippen molar-refractivity contribution in [2.24, 2.45) is 11.8 Å². The van der Waals surface area contributed by atoms with Gasteiger partial charge in [0.15, 0.2) is 0 Å². The average molecular weight is 560 g/mol. The van der Waals surface area contributed by atoms with E-state index in [4.69, 9.17) is 14.2 Å². The maximum Gasteiger partial charge on any atom is 0.246 e. The van der Waals surface area contributed by atoms with Gasteiger partial charge in [0.2, 0.25) is 17.7 Å². The average Bonchev–Trinajstić information content (AvgIpc) is 3.62. The lowest BCUT2D eigenvalue weighted by Gasteiger charge is -2.34. The molecule has 1 aliphatic carbocycles. The van der Waals surface area contributed by atoms with Gasteiger partial charge < -0.3 is 29.7 Å². The van der Waals surface area contributed by atoms with Gasteiger partial charge in [-0.2, -0.15) is 0 Å². The van der Waals surface area contributed by atoms with Crippen LogP contribution in [0.4, 0.5) is 5.69 Å². The Morgan fingerprint density at radius 2 is 1.71 bits per heavy atom. The van der Waals surface area contributed by atoms with Crippen molar-refractivity contribution in [2.45, 2.75) is 69.4 Å². The second-order valence-corrected chi connectivity index (χ2v) is 11.3. The number of carbonyl (C=O) groups is 3. The van der Waals surface area contributed by atoms with Crippen molar-refractivity contribution in [3.63, 3.8) is 0 Å². The van der Waals surface area contributed by atoms with Gasteiger partial charge in [-0.3, -0.25) is 14.4 Å². The Bertz CT molecular complexity index is 1320. The molecule has 2 aromatic rings. The number of hydrogen-bond donors (Lipinski definition) is 2. The summed E-state index contributed by atoms with van der Waals surface area (Å²) in [6.45, 7) is 2.68. The van der Waals surface area contributed by atoms with E-state index in [1.54, 1.807) is 36.3 Å². The number of likely N-dealkylation sites (tertiary alicyclic amines) is 1. The van der Waals surface area contributed by atoms with Crippen LogP contribution in [0, 0.1) is 11.8 Å². The van der Waals surface area contributed by atoms with Gasteiger partial charge in [0.1, 0.15) is 23.1 Å². The number of benzene rings is 2. The molecule has 9 nitrogen and oxygen atoms in total. The molecule has 4 aliphatic rings. The molecular formula is C32H37N3O6. The Kier molecular flexibility index (Phi) is 7.46. The standard InChI is InChI=1S/C32H37N3O6/c1-3-40-24-15-11-22(12-16-24)33-29(36)26-25-17-18-32(41-25)27(26)31(38)35(19-20-9-13-23(39-2)14-10-20)28(32)30(37)34-21-7-5-4-6-8-21/h9-18,21,25-28H,3-8,19H2,1-2H3,(H,33,36)(H,34,37)/t25-,26+,27-,28-,32-/m0/s1. The summed E-state index contributed by atoms with van der Waals surface area (Å²) in [6.07, 6.45) is 8.27. The lowest BCUT2D eigenvalue weighted by Crippen LogP contribution is -2.56. The first-order valence-corrected chi connectivity index (χ1v) is 14.6. The van der Waals surface area contributed by atoms with E-state index in [9.17, 15) is 14.4 Å². The monoisotopic (exact) mass is 559 g/mol. The van der Waals surface area contributed by atoms with E-state index in [2.05, 4.69) is 10.6 Å². The van der Waals surface area contributed by atoms with Crippen LogP contribution in [0.2, 0.25) is 0 Å². The fourth-order valence-electron chi connectivity index (χ4n) is 6.92. The molecule has 3 aliphatic heterocycles. The molecule has 5 atom stereocenters. The highest BCUT2D eigenvalue weighted by Crippen LogP contribution is 2.55. The Balaban J connectivity index is 1.29. The highest BCUT2D eigenvalue weighted by Gasteiger charge is 2.72. The van der Waals surface area contributed by atoms with Gasteiger partial charge in [0.05, 0.1) is 31.7 Å². The molecule has 2 bridgehead atoms. The minimum atomic E-state index is -1.20. The molecule has 3 amide bonds. The second kappa shape index (κ2) is 11.2. The number of ether oxygens (including phenoxy) is 3. The fraction of sp³-hybridized carbons (Fsp3) is 0.469. The first-order chi connectivity index (χ1) is 19.9. The van der Waals surface area contributed by atoms with Gasteiger partial charge in [0.25, 0.3) is 0 Å². The molecule has 2 aromatic carbocycles. The predicted molar refractivity (Wildman–Crippen MR) is 152 cm³/mol. The number of methoxy groups -OCH3 is 1. The van der Waals surface area contributed by atoms with Gasteiger partial charge in [-0.25, -0.2) is 0 Å². The molecule has 41 heavy (non-hydrogen) atoms. The molecule has 0 unspecified atom stereocenters. The van der Waals surface area contributed by atoms with Crippen molar-refractivity contribution in [1.29, 1.82) is 0 Å². The largest absolute Gasteiger partial charge is 0.497 e. The summed E-state index contributed by atoms with van der Waals surface area (Å²) in [5.74, 6) is -0.920. The molecule has 9 heteroatoms. The molecule has 1 spiro atoms. The van der Waals surface area contributed by atoms with Crippen molar-refractivity contribution in [3.05, 3.63) is 66.2 Å². The van der Waals surface area contributed by atoms with Crippen LogP contribution in [0.5, 0.6) is 11.5 Å². The zero-order valence-corrected chi connectivity index (χ0v) is 23.5. The highest BCUT2D eigenvalue weighted by molar-refractivity contribution is 6.02. The summed E-state index contributed by atoms with van der Waals surface area (Å²) in [4.78, 5) is 43.5. The molecule has 1 saturated carbocycles. The van der Waals surface area contributed by atoms with Crippen LogP contribution in [0.25, 0.3) is 0 Å². The molecule has 0 aromatic heterocycles. The topological polar surface area (TPSA) is 106 Å². The first kappa shape index (κ1) is 27.3. The maximum absolute atomic E-state index is 14.2. The van der Waals surface area contributed by atoms with Crippen LogP contribution in [0.15, 0.2) is 60.7 Å². The molecule has 2 saturated heterocycles. The number of rotatable bonds is 9. The number of amides is 3. The number of fused-ring (bicyclic) bond motifs is 1. The summed E-state index contributed by atoms with van der Waals surface area (Å²) in [5.41, 5.74) is 0.264. The summed E-state index contributed by atoms with van der Waals surface area (Å²) in [5, 5.41) is 6.19. The summed E-state index contributed by atoms with van der Waals surface area (Å²) >= 11 is 0. The van der Waals surface area contributed by atoms with Crippen LogP contribution in [-0.4, -0.2) is 60.1 Å². The van der Waals surface area contributed by atoms with Gasteiger partial charge in [0, 0.05) is 18.3 Å². The third kappa shape index (κ3) is 4.96. The molecule has 6 rings (SSSR count). The normalized spacial score (nSPS) is 28.4. The van der Waals surface area contributed by atoms with Gasteiger partial charge >= 0.3 is 0 Å². The van der Waals surface area contributed by atoms with Crippen molar-refractivity contribution in [3.8, 4) is 11.5 Å². The van der Waals surface area contributed by atoms with E-state index in [-0.39, 0.29) is 30.3 Å². The molecule has 3 fully saturated rings. The fourth-order valence-corrected chi connectivity index (χ4v) is 6.92. The summed E-state index contributed by atoms with van der Waals surface area (Å²) in [7, 11) is 1.60. The Hall–Kier alpha value is -3.85. The van der Waals surface area contributed by atoms with Crippen LogP contribution >= 0.6 is 0 Å². The van der Waals surface area contributed by atoms with Crippen molar-refractivity contribution in [2.75, 3.05) is 19.0 Å². The smallest absolute Gasteiger partial charge is 0.246 e. The molecule has 2 N–H and O–H groups in total. The number of carbonyl (C=O) groups excluding carboxylic acids is 3. The molecule has 3 heterocycles. The molecule has 0 radical (unpaired) electrons. The minimum absolute atomic E-state index is 0.0750. The number of anilines is 1. The van der Waals surface area contributed by atoms with Crippen molar-refractivity contribution in [1.82, 2.24) is 10.2 Å². The zero-order chi connectivity index (χ0) is 28.6. The third-order valence-corrected chi connectivity index (χ3v) is 8.82. The number of nitrogens with one attached hydrogen (secondary N) is 2. The molecular weight excluding hydrogens is 522 g/mol. The third-order valence-electron chi connectivity index (χ3n) is 8.82. The summed E-state index contributed by atoms with van der Waals surface area (Å²) in [6, 6.07) is 13.8. The van der Waals surface area contributed by atoms with Crippen molar-refractivity contribution < 1.29 is 28.6 Å². The van der Waals surface area contributed by atoms with E-state index in [0.717, 1.165) is 31.2 Å². The quantitative estimate of drug-likeness (QED) is 0.453. The van der Waals surface area contributed by atoms with E-state index in [1.165, 1.54) is 6.42 Å². The van der Waals surface area contributed by atoms with E-state index in [0.29, 0.717) is 23.8 Å². The van der Waals surface area contributed by atoms with Crippen LogP contribution in [0.1, 0.15) is 44.6 Å². The number of hydrogen-bond acceptors (Lipinski definition) is 6. The van der Waals surface area contributed by atoms with E-state index >= 15 is 0 Å². The van der Waals surface area contributed by atoms with Crippen LogP contribution in [-0.2, 0) is 25.7 Å². The highest BCUT2D eigenvalue weighted by atomic mass is 16.5. The first-order valence-electron chi connectivity index (χ1n) is 14.6. The van der Waals surface area contributed by atoms with Gasteiger partial charge in [-0.05, 0) is 61.7 Å². The zero-order valence-electron chi connectivity index (χ0n) is 23.5. The van der Waals surface area contributed by atoms with Gasteiger partial charge in [-0.15, -0.1) is 0 Å². The lowest BCUT2D eigenvalue weighted by atomic mass is 9.74. The van der Waals surface area contributed by atoms with E-state index < -0.39 is 29.6 Å². The Labute approximate surface area is 240 Å². The van der Waals surface area contributed by atoms with Crippen LogP contribution in [0.3, 0.4) is 0 Å². The van der Waals surface area contributed by atoms with Gasteiger partial charge in [-0.1, -0.05) is 43.5 Å². The molecule has 216 valence electrons. The minimum Gasteiger partial charge on any atom is -0.497 e. The SMILES string of the molecule is CCOc1ccc(NC(=O)[C@@H]2[C@@H]3C=C[C@]4(O3)[C@@H]2C(=O)N(Cc2ccc(OC)cc2)[C@H]4C(=O)NC2CCCCC2)cc1. The second-order valence-electron chi connectivity index (χ2n) is 11.3. The summed E-state index contributed by atoms with van der Waals surface area (Å²) < 4.78 is 17.3. The lowest BCUT2D eigenvalue weighted by molar-refractivity contribution is -0.142. The predicted octanol–water partition coefficient (Wildman–Crippen LogP) is 3.83. The number of nitrogens with zero attached hydrogens (tertiary/aromatic N) is 1. The maximum atomic E-state index is 14.2. The van der Waals surface area contributed by atoms with E-state index in [1.807, 2.05) is 43.3 Å². The van der Waals surface area contributed by atoms with Crippen LogP contribution < -0.4 is 20.1 Å².